The number of methoxy groups -OCH3 is 2. The molecule has 0 bridgehead atoms. The first-order valence-electron chi connectivity index (χ1n) is 6.25. The van der Waals surface area contributed by atoms with Gasteiger partial charge >= 0.3 is 0 Å². The summed E-state index contributed by atoms with van der Waals surface area (Å²) in [7, 11) is 2.99. The molecule has 0 atom stereocenters. The van der Waals surface area contributed by atoms with E-state index in [9.17, 15) is 9.59 Å². The lowest BCUT2D eigenvalue weighted by Gasteiger charge is -2.09. The van der Waals surface area contributed by atoms with Crippen molar-refractivity contribution < 1.29 is 19.1 Å². The minimum atomic E-state index is -0.333. The molecule has 0 radical (unpaired) electrons. The summed E-state index contributed by atoms with van der Waals surface area (Å²) >= 11 is 0. The number of amides is 2. The van der Waals surface area contributed by atoms with Crippen LogP contribution in [0.4, 0.5) is 0 Å². The van der Waals surface area contributed by atoms with E-state index in [2.05, 4.69) is 10.6 Å². The number of rotatable bonds is 7. The second kappa shape index (κ2) is 8.43. The molecule has 0 aliphatic heterocycles. The van der Waals surface area contributed by atoms with E-state index in [1.54, 1.807) is 24.3 Å². The Morgan fingerprint density at radius 1 is 1.14 bits per heavy atom. The number of benzene rings is 1. The van der Waals surface area contributed by atoms with Crippen molar-refractivity contribution in [1.29, 1.82) is 5.26 Å². The number of nitrogens with one attached hydrogen (secondary N) is 2. The van der Waals surface area contributed by atoms with Gasteiger partial charge in [0.15, 0.2) is 0 Å². The van der Waals surface area contributed by atoms with E-state index < -0.39 is 0 Å². The lowest BCUT2D eigenvalue weighted by molar-refractivity contribution is -0.120. The van der Waals surface area contributed by atoms with Crippen LogP contribution in [0.5, 0.6) is 11.5 Å². The summed E-state index contributed by atoms with van der Waals surface area (Å²) < 4.78 is 10.2. The SMILES string of the molecule is COc1cc(OC)cc(C(=O)NCCC(=O)NCC#N)c1. The Labute approximate surface area is 122 Å². The summed E-state index contributed by atoms with van der Waals surface area (Å²) in [4.78, 5) is 23.2. The highest BCUT2D eigenvalue weighted by atomic mass is 16.5. The molecule has 0 aliphatic rings. The van der Waals surface area contributed by atoms with Gasteiger partial charge in [0, 0.05) is 24.6 Å². The number of nitriles is 1. The molecular weight excluding hydrogens is 274 g/mol. The van der Waals surface area contributed by atoms with Gasteiger partial charge in [-0.2, -0.15) is 5.26 Å². The molecule has 1 aromatic carbocycles. The van der Waals surface area contributed by atoms with Crippen LogP contribution in [0.15, 0.2) is 18.2 Å². The zero-order chi connectivity index (χ0) is 15.7. The fourth-order valence-corrected chi connectivity index (χ4v) is 1.56. The van der Waals surface area contributed by atoms with Gasteiger partial charge < -0.3 is 20.1 Å². The first kappa shape index (κ1) is 16.3. The predicted molar refractivity (Wildman–Crippen MR) is 75.1 cm³/mol. The summed E-state index contributed by atoms with van der Waals surface area (Å²) in [5.74, 6) is 0.387. The lowest BCUT2D eigenvalue weighted by atomic mass is 10.2. The molecule has 0 aromatic heterocycles. The normalized spacial score (nSPS) is 9.38. The maximum Gasteiger partial charge on any atom is 0.251 e. The highest BCUT2D eigenvalue weighted by Crippen LogP contribution is 2.22. The van der Waals surface area contributed by atoms with E-state index in [1.807, 2.05) is 0 Å². The van der Waals surface area contributed by atoms with Gasteiger partial charge in [-0.15, -0.1) is 0 Å². The molecule has 0 aliphatic carbocycles. The van der Waals surface area contributed by atoms with Gasteiger partial charge in [-0.1, -0.05) is 0 Å². The van der Waals surface area contributed by atoms with Crippen molar-refractivity contribution in [2.24, 2.45) is 0 Å². The number of carbonyl (C=O) groups excluding carboxylic acids is 2. The van der Waals surface area contributed by atoms with Gasteiger partial charge in [0.25, 0.3) is 5.91 Å². The summed E-state index contributed by atoms with van der Waals surface area (Å²) in [5.41, 5.74) is 0.378. The number of hydrogen-bond acceptors (Lipinski definition) is 5. The molecule has 0 fully saturated rings. The second-order valence-corrected chi connectivity index (χ2v) is 4.04. The summed E-state index contributed by atoms with van der Waals surface area (Å²) in [5, 5.41) is 13.3. The Bertz CT molecular complexity index is 529. The quantitative estimate of drug-likeness (QED) is 0.711. The largest absolute Gasteiger partial charge is 0.497 e. The lowest BCUT2D eigenvalue weighted by Crippen LogP contribution is -2.30. The summed E-state index contributed by atoms with van der Waals surface area (Å²) in [6, 6.07) is 6.61. The number of nitrogens with zero attached hydrogens (tertiary/aromatic N) is 1. The zero-order valence-corrected chi connectivity index (χ0v) is 11.9. The van der Waals surface area contributed by atoms with Crippen molar-refractivity contribution in [2.75, 3.05) is 27.3 Å². The van der Waals surface area contributed by atoms with Gasteiger partial charge in [0.2, 0.25) is 5.91 Å². The highest BCUT2D eigenvalue weighted by molar-refractivity contribution is 5.95. The summed E-state index contributed by atoms with van der Waals surface area (Å²) in [6.07, 6.45) is 0.106. The molecule has 0 unspecified atom stereocenters. The molecule has 0 spiro atoms. The molecular formula is C14H17N3O4. The van der Waals surface area contributed by atoms with Crippen LogP contribution in [0, 0.1) is 11.3 Å². The molecule has 7 nitrogen and oxygen atoms in total. The third kappa shape index (κ3) is 5.40. The maximum atomic E-state index is 12.0. The predicted octanol–water partition coefficient (Wildman–Crippen LogP) is 0.463. The van der Waals surface area contributed by atoms with Crippen LogP contribution in [0.3, 0.4) is 0 Å². The molecule has 1 rings (SSSR count). The van der Waals surface area contributed by atoms with Crippen LogP contribution in [0.1, 0.15) is 16.8 Å². The van der Waals surface area contributed by atoms with E-state index in [-0.39, 0.29) is 31.3 Å². The van der Waals surface area contributed by atoms with Gasteiger partial charge in [-0.05, 0) is 12.1 Å². The van der Waals surface area contributed by atoms with Crippen LogP contribution in [0.25, 0.3) is 0 Å². The minimum absolute atomic E-state index is 0.0418. The molecule has 112 valence electrons. The number of carbonyl (C=O) groups is 2. The average Bonchev–Trinajstić information content (AvgIpc) is 2.52. The van der Waals surface area contributed by atoms with Crippen LogP contribution >= 0.6 is 0 Å². The van der Waals surface area contributed by atoms with Crippen molar-refractivity contribution in [1.82, 2.24) is 10.6 Å². The van der Waals surface area contributed by atoms with Crippen molar-refractivity contribution in [3.05, 3.63) is 23.8 Å². The number of ether oxygens (including phenoxy) is 2. The van der Waals surface area contributed by atoms with Gasteiger partial charge in [-0.3, -0.25) is 9.59 Å². The van der Waals surface area contributed by atoms with E-state index in [0.717, 1.165) is 0 Å². The summed E-state index contributed by atoms with van der Waals surface area (Å²) in [6.45, 7) is 0.134. The van der Waals surface area contributed by atoms with E-state index in [1.165, 1.54) is 14.2 Å². The molecule has 7 heteroatoms. The molecule has 0 heterocycles. The Morgan fingerprint density at radius 2 is 1.76 bits per heavy atom. The second-order valence-electron chi connectivity index (χ2n) is 4.04. The fourth-order valence-electron chi connectivity index (χ4n) is 1.56. The van der Waals surface area contributed by atoms with Crippen molar-refractivity contribution in [3.63, 3.8) is 0 Å². The van der Waals surface area contributed by atoms with E-state index in [4.69, 9.17) is 14.7 Å². The molecule has 2 N–H and O–H groups in total. The molecule has 2 amide bonds. The molecule has 21 heavy (non-hydrogen) atoms. The van der Waals surface area contributed by atoms with Crippen LogP contribution in [-0.2, 0) is 4.79 Å². The Balaban J connectivity index is 2.56. The fraction of sp³-hybridized carbons (Fsp3) is 0.357. The monoisotopic (exact) mass is 291 g/mol. The third-order valence-corrected chi connectivity index (χ3v) is 2.62. The zero-order valence-electron chi connectivity index (χ0n) is 11.9. The Kier molecular flexibility index (Phi) is 6.54. The molecule has 0 saturated heterocycles. The number of hydrogen-bond donors (Lipinski definition) is 2. The molecule has 1 aromatic rings. The Hall–Kier alpha value is -2.75. The molecule has 0 saturated carbocycles. The van der Waals surface area contributed by atoms with Crippen LogP contribution < -0.4 is 20.1 Å². The third-order valence-electron chi connectivity index (χ3n) is 2.62. The first-order valence-corrected chi connectivity index (χ1v) is 6.25. The van der Waals surface area contributed by atoms with Gasteiger partial charge in [0.1, 0.15) is 18.0 Å². The Morgan fingerprint density at radius 3 is 2.29 bits per heavy atom. The van der Waals surface area contributed by atoms with Gasteiger partial charge in [-0.25, -0.2) is 0 Å². The van der Waals surface area contributed by atoms with E-state index >= 15 is 0 Å². The van der Waals surface area contributed by atoms with Gasteiger partial charge in [0.05, 0.1) is 20.3 Å². The van der Waals surface area contributed by atoms with Crippen molar-refractivity contribution in [3.8, 4) is 17.6 Å². The highest BCUT2D eigenvalue weighted by Gasteiger charge is 2.10. The van der Waals surface area contributed by atoms with E-state index in [0.29, 0.717) is 17.1 Å². The average molecular weight is 291 g/mol. The maximum absolute atomic E-state index is 12.0. The van der Waals surface area contributed by atoms with Crippen LogP contribution in [-0.4, -0.2) is 39.1 Å². The smallest absolute Gasteiger partial charge is 0.251 e. The standard InChI is InChI=1S/C14H17N3O4/c1-20-11-7-10(8-12(9-11)21-2)14(19)17-5-3-13(18)16-6-4-15/h7-9H,3,5-6H2,1-2H3,(H,16,18)(H,17,19). The topological polar surface area (TPSA) is 100 Å². The van der Waals surface area contributed by atoms with Crippen molar-refractivity contribution >= 4 is 11.8 Å². The minimum Gasteiger partial charge on any atom is -0.497 e. The first-order chi connectivity index (χ1) is 10.1. The van der Waals surface area contributed by atoms with Crippen molar-refractivity contribution in [2.45, 2.75) is 6.42 Å². The van der Waals surface area contributed by atoms with Crippen LogP contribution in [0.2, 0.25) is 0 Å².